The van der Waals surface area contributed by atoms with Gasteiger partial charge in [-0.3, -0.25) is 4.79 Å². The third kappa shape index (κ3) is 2.32. The van der Waals surface area contributed by atoms with Crippen molar-refractivity contribution in [2.45, 2.75) is 18.9 Å². The number of aromatic hydroxyl groups is 2. The summed E-state index contributed by atoms with van der Waals surface area (Å²) in [6.07, 6.45) is 1.61. The molecule has 0 aromatic heterocycles. The monoisotopic (exact) mass is 269 g/mol. The normalized spacial score (nSPS) is 14.0. The lowest BCUT2D eigenvalue weighted by Crippen LogP contribution is -2.35. The van der Waals surface area contributed by atoms with Gasteiger partial charge in [-0.2, -0.15) is 0 Å². The summed E-state index contributed by atoms with van der Waals surface area (Å²) in [6.45, 7) is 0. The molecule has 1 aliphatic carbocycles. The molecule has 0 saturated carbocycles. The van der Waals surface area contributed by atoms with E-state index in [4.69, 9.17) is 0 Å². The number of carbonyl (C=O) groups excluding carboxylic acids is 1. The quantitative estimate of drug-likeness (QED) is 0.781. The highest BCUT2D eigenvalue weighted by Gasteiger charge is 2.23. The van der Waals surface area contributed by atoms with Crippen molar-refractivity contribution in [3.8, 4) is 11.5 Å². The summed E-state index contributed by atoms with van der Waals surface area (Å²) in [6, 6.07) is 12.1. The lowest BCUT2D eigenvalue weighted by Gasteiger charge is -2.13. The van der Waals surface area contributed by atoms with Crippen LogP contribution in [0.15, 0.2) is 42.5 Å². The summed E-state index contributed by atoms with van der Waals surface area (Å²) in [4.78, 5) is 12.1. The van der Waals surface area contributed by atoms with Gasteiger partial charge in [-0.25, -0.2) is 0 Å². The molecular weight excluding hydrogens is 254 g/mol. The number of carbonyl (C=O) groups is 1. The first-order valence-electron chi connectivity index (χ1n) is 6.53. The van der Waals surface area contributed by atoms with Crippen molar-refractivity contribution in [3.63, 3.8) is 0 Å². The van der Waals surface area contributed by atoms with Crippen LogP contribution in [-0.2, 0) is 12.8 Å². The van der Waals surface area contributed by atoms with Crippen molar-refractivity contribution >= 4 is 5.91 Å². The van der Waals surface area contributed by atoms with Gasteiger partial charge in [0.15, 0.2) is 0 Å². The molecule has 0 fully saturated rings. The zero-order valence-corrected chi connectivity index (χ0v) is 10.8. The van der Waals surface area contributed by atoms with Crippen molar-refractivity contribution in [2.75, 3.05) is 0 Å². The van der Waals surface area contributed by atoms with E-state index in [9.17, 15) is 15.0 Å². The summed E-state index contributed by atoms with van der Waals surface area (Å²) in [5.74, 6) is -0.592. The molecule has 2 aromatic rings. The molecule has 0 radical (unpaired) electrons. The van der Waals surface area contributed by atoms with Gasteiger partial charge in [-0.15, -0.1) is 0 Å². The van der Waals surface area contributed by atoms with Gasteiger partial charge in [0.25, 0.3) is 5.91 Å². The van der Waals surface area contributed by atoms with Gasteiger partial charge in [0.05, 0.1) is 5.56 Å². The second kappa shape index (κ2) is 4.89. The first-order chi connectivity index (χ1) is 9.63. The smallest absolute Gasteiger partial charge is 0.255 e. The maximum Gasteiger partial charge on any atom is 0.255 e. The van der Waals surface area contributed by atoms with Gasteiger partial charge in [0.1, 0.15) is 11.5 Å². The van der Waals surface area contributed by atoms with Crippen LogP contribution < -0.4 is 5.32 Å². The Bertz CT molecular complexity index is 642. The third-order valence-electron chi connectivity index (χ3n) is 3.61. The van der Waals surface area contributed by atoms with Crippen LogP contribution in [0, 0.1) is 0 Å². The Morgan fingerprint density at radius 2 is 1.70 bits per heavy atom. The van der Waals surface area contributed by atoms with Crippen LogP contribution in [0.4, 0.5) is 0 Å². The maximum absolute atomic E-state index is 12.1. The highest BCUT2D eigenvalue weighted by atomic mass is 16.3. The van der Waals surface area contributed by atoms with Crippen LogP contribution in [-0.4, -0.2) is 22.2 Å². The Kier molecular flexibility index (Phi) is 3.06. The van der Waals surface area contributed by atoms with Crippen molar-refractivity contribution in [2.24, 2.45) is 0 Å². The highest BCUT2D eigenvalue weighted by molar-refractivity contribution is 5.97. The molecule has 2 aromatic carbocycles. The zero-order valence-electron chi connectivity index (χ0n) is 10.8. The highest BCUT2D eigenvalue weighted by Crippen LogP contribution is 2.25. The average Bonchev–Trinajstić information content (AvgIpc) is 2.80. The Morgan fingerprint density at radius 3 is 2.30 bits per heavy atom. The van der Waals surface area contributed by atoms with Crippen molar-refractivity contribution in [1.82, 2.24) is 5.32 Å². The minimum atomic E-state index is -0.319. The number of phenolic OH excluding ortho intramolecular Hbond substituents is 2. The lowest BCUT2D eigenvalue weighted by molar-refractivity contribution is 0.0936. The lowest BCUT2D eigenvalue weighted by atomic mass is 10.1. The number of rotatable bonds is 2. The topological polar surface area (TPSA) is 69.6 Å². The molecule has 0 saturated heterocycles. The van der Waals surface area contributed by atoms with Crippen LogP contribution in [0.3, 0.4) is 0 Å². The predicted molar refractivity (Wildman–Crippen MR) is 74.9 cm³/mol. The minimum Gasteiger partial charge on any atom is -0.508 e. The summed E-state index contributed by atoms with van der Waals surface area (Å²) >= 11 is 0. The maximum atomic E-state index is 12.1. The predicted octanol–water partition coefficient (Wildman–Crippen LogP) is 1.99. The zero-order chi connectivity index (χ0) is 14.1. The molecule has 3 rings (SSSR count). The number of hydrogen-bond donors (Lipinski definition) is 3. The van der Waals surface area contributed by atoms with Crippen molar-refractivity contribution in [1.29, 1.82) is 0 Å². The average molecular weight is 269 g/mol. The third-order valence-corrected chi connectivity index (χ3v) is 3.61. The Labute approximate surface area is 116 Å². The van der Waals surface area contributed by atoms with Crippen LogP contribution in [0.1, 0.15) is 21.5 Å². The molecule has 4 nitrogen and oxygen atoms in total. The summed E-state index contributed by atoms with van der Waals surface area (Å²) in [5, 5.41) is 21.8. The fourth-order valence-corrected chi connectivity index (χ4v) is 2.64. The Hall–Kier alpha value is -2.49. The fourth-order valence-electron chi connectivity index (χ4n) is 2.64. The molecule has 0 aliphatic heterocycles. The first kappa shape index (κ1) is 12.5. The first-order valence-corrected chi connectivity index (χ1v) is 6.53. The second-order valence-electron chi connectivity index (χ2n) is 5.05. The second-order valence-corrected chi connectivity index (χ2v) is 5.05. The van der Waals surface area contributed by atoms with Gasteiger partial charge in [-0.1, -0.05) is 24.3 Å². The van der Waals surface area contributed by atoms with Gasteiger partial charge >= 0.3 is 0 Å². The van der Waals surface area contributed by atoms with Crippen LogP contribution in [0.5, 0.6) is 11.5 Å². The molecule has 4 heteroatoms. The van der Waals surface area contributed by atoms with Crippen LogP contribution in [0.25, 0.3) is 0 Å². The molecule has 0 spiro atoms. The Morgan fingerprint density at radius 1 is 1.05 bits per heavy atom. The van der Waals surface area contributed by atoms with E-state index in [1.807, 2.05) is 12.1 Å². The van der Waals surface area contributed by atoms with Gasteiger partial charge in [0, 0.05) is 12.1 Å². The van der Waals surface area contributed by atoms with E-state index in [0.717, 1.165) is 18.9 Å². The van der Waals surface area contributed by atoms with E-state index in [-0.39, 0.29) is 29.0 Å². The molecule has 1 aliphatic rings. The molecule has 0 atom stereocenters. The number of hydrogen-bond acceptors (Lipinski definition) is 3. The fraction of sp³-hybridized carbons (Fsp3) is 0.188. The van der Waals surface area contributed by atoms with E-state index in [0.29, 0.717) is 0 Å². The number of nitrogens with one attached hydrogen (secondary N) is 1. The van der Waals surface area contributed by atoms with E-state index in [1.54, 1.807) is 0 Å². The van der Waals surface area contributed by atoms with E-state index in [2.05, 4.69) is 17.4 Å². The SMILES string of the molecule is O=C(NC1Cc2ccccc2C1)c1ccc(O)cc1O. The summed E-state index contributed by atoms with van der Waals surface area (Å²) in [7, 11) is 0. The molecule has 20 heavy (non-hydrogen) atoms. The summed E-state index contributed by atoms with van der Waals surface area (Å²) < 4.78 is 0. The van der Waals surface area contributed by atoms with E-state index >= 15 is 0 Å². The van der Waals surface area contributed by atoms with Crippen LogP contribution >= 0.6 is 0 Å². The van der Waals surface area contributed by atoms with E-state index < -0.39 is 0 Å². The van der Waals surface area contributed by atoms with Gasteiger partial charge in [-0.05, 0) is 36.1 Å². The Balaban J connectivity index is 1.72. The number of fused-ring (bicyclic) bond motifs is 1. The van der Waals surface area contributed by atoms with Crippen LogP contribution in [0.2, 0.25) is 0 Å². The summed E-state index contributed by atoms with van der Waals surface area (Å²) in [5.41, 5.74) is 2.69. The number of phenols is 2. The molecule has 102 valence electrons. The number of amides is 1. The van der Waals surface area contributed by atoms with Crippen molar-refractivity contribution in [3.05, 3.63) is 59.2 Å². The standard InChI is InChI=1S/C16H15NO3/c18-13-5-6-14(15(19)9-13)16(20)17-12-7-10-3-1-2-4-11(10)8-12/h1-6,9,12,18-19H,7-8H2,(H,17,20). The molecule has 0 heterocycles. The van der Waals surface area contributed by atoms with Crippen molar-refractivity contribution < 1.29 is 15.0 Å². The van der Waals surface area contributed by atoms with Gasteiger partial charge < -0.3 is 15.5 Å². The molecule has 1 amide bonds. The molecule has 3 N–H and O–H groups in total. The number of benzene rings is 2. The molecule has 0 bridgehead atoms. The van der Waals surface area contributed by atoms with Gasteiger partial charge in [0.2, 0.25) is 0 Å². The molecular formula is C16H15NO3. The minimum absolute atomic E-state index is 0.0492. The largest absolute Gasteiger partial charge is 0.508 e. The van der Waals surface area contributed by atoms with E-state index in [1.165, 1.54) is 23.3 Å². The molecule has 0 unspecified atom stereocenters.